The highest BCUT2D eigenvalue weighted by molar-refractivity contribution is 6.06. The third-order valence-corrected chi connectivity index (χ3v) is 6.23. The number of methoxy groups -OCH3 is 1. The molecule has 0 radical (unpaired) electrons. The molecule has 0 spiro atoms. The number of rotatable bonds is 5. The van der Waals surface area contributed by atoms with Crippen LogP contribution in [0.3, 0.4) is 0 Å². The molecule has 32 heavy (non-hydrogen) atoms. The molecule has 4 heterocycles. The smallest absolute Gasteiger partial charge is 0.270 e. The highest BCUT2D eigenvalue weighted by atomic mass is 16.5. The van der Waals surface area contributed by atoms with Gasteiger partial charge >= 0.3 is 0 Å². The van der Waals surface area contributed by atoms with Crippen LogP contribution in [-0.2, 0) is 20.0 Å². The first-order chi connectivity index (χ1) is 15.5. The summed E-state index contributed by atoms with van der Waals surface area (Å²) in [4.78, 5) is 32.3. The van der Waals surface area contributed by atoms with E-state index in [0.29, 0.717) is 17.7 Å². The number of nitrogens with one attached hydrogen (secondary N) is 1. The molecule has 1 fully saturated rings. The van der Waals surface area contributed by atoms with Gasteiger partial charge in [-0.2, -0.15) is 5.10 Å². The summed E-state index contributed by atoms with van der Waals surface area (Å²) in [6, 6.07) is 7.77. The largest absolute Gasteiger partial charge is 0.497 e. The van der Waals surface area contributed by atoms with Crippen LogP contribution in [0, 0.1) is 0 Å². The van der Waals surface area contributed by atoms with Crippen molar-refractivity contribution in [3.63, 3.8) is 0 Å². The fourth-order valence-corrected chi connectivity index (χ4v) is 4.28. The van der Waals surface area contributed by atoms with Crippen molar-refractivity contribution in [3.8, 4) is 17.0 Å². The molecule has 2 aliphatic rings. The SMILES string of the molecule is COc1cccc(-c2cn3c(n2)C[C@H](NC(=O)c2c(C(=O)N4CCC4)cnn2C)CC3)c1. The maximum absolute atomic E-state index is 13.1. The summed E-state index contributed by atoms with van der Waals surface area (Å²) in [6.45, 7) is 2.23. The molecule has 1 atom stereocenters. The Balaban J connectivity index is 1.31. The fourth-order valence-electron chi connectivity index (χ4n) is 4.28. The molecule has 2 aromatic heterocycles. The van der Waals surface area contributed by atoms with Gasteiger partial charge in [0, 0.05) is 50.9 Å². The fraction of sp³-hybridized carbons (Fsp3) is 0.391. The highest BCUT2D eigenvalue weighted by Gasteiger charge is 2.30. The molecule has 1 aromatic carbocycles. The zero-order valence-electron chi connectivity index (χ0n) is 18.2. The number of aromatic nitrogens is 4. The van der Waals surface area contributed by atoms with Crippen LogP contribution >= 0.6 is 0 Å². The van der Waals surface area contributed by atoms with Gasteiger partial charge in [0.1, 0.15) is 17.3 Å². The average molecular weight is 435 g/mol. The van der Waals surface area contributed by atoms with Crippen molar-refractivity contribution in [1.82, 2.24) is 29.5 Å². The molecule has 0 saturated carbocycles. The number of amides is 2. The van der Waals surface area contributed by atoms with Crippen LogP contribution in [0.2, 0.25) is 0 Å². The number of ether oxygens (including phenoxy) is 1. The molecular weight excluding hydrogens is 408 g/mol. The third-order valence-electron chi connectivity index (χ3n) is 6.23. The summed E-state index contributed by atoms with van der Waals surface area (Å²) in [5.74, 6) is 1.32. The number of benzene rings is 1. The quantitative estimate of drug-likeness (QED) is 0.662. The average Bonchev–Trinajstić information content (AvgIpc) is 3.35. The van der Waals surface area contributed by atoms with Crippen molar-refractivity contribution in [2.75, 3.05) is 20.2 Å². The second kappa shape index (κ2) is 8.14. The number of fused-ring (bicyclic) bond motifs is 1. The maximum Gasteiger partial charge on any atom is 0.270 e. The van der Waals surface area contributed by atoms with Crippen LogP contribution in [0.5, 0.6) is 5.75 Å². The Morgan fingerprint density at radius 1 is 1.22 bits per heavy atom. The summed E-state index contributed by atoms with van der Waals surface area (Å²) in [6.07, 6.45) is 5.96. The first-order valence-electron chi connectivity index (χ1n) is 10.9. The minimum atomic E-state index is -0.271. The number of imidazole rings is 1. The number of nitrogens with zero attached hydrogens (tertiary/aromatic N) is 5. The Morgan fingerprint density at radius 3 is 2.81 bits per heavy atom. The van der Waals surface area contributed by atoms with Gasteiger partial charge < -0.3 is 19.5 Å². The Labute approximate surface area is 186 Å². The van der Waals surface area contributed by atoms with Crippen molar-refractivity contribution in [3.05, 3.63) is 53.7 Å². The Hall–Kier alpha value is -3.62. The lowest BCUT2D eigenvalue weighted by Gasteiger charge is -2.30. The van der Waals surface area contributed by atoms with Crippen molar-refractivity contribution in [2.24, 2.45) is 7.05 Å². The molecule has 0 bridgehead atoms. The zero-order chi connectivity index (χ0) is 22.2. The molecule has 9 heteroatoms. The molecule has 3 aromatic rings. The zero-order valence-corrected chi connectivity index (χ0v) is 18.2. The van der Waals surface area contributed by atoms with Crippen LogP contribution in [-0.4, -0.2) is 62.3 Å². The van der Waals surface area contributed by atoms with Gasteiger partial charge in [-0.3, -0.25) is 14.3 Å². The van der Waals surface area contributed by atoms with Gasteiger partial charge in [-0.25, -0.2) is 4.98 Å². The first kappa shape index (κ1) is 20.3. The van der Waals surface area contributed by atoms with Crippen LogP contribution in [0.1, 0.15) is 39.5 Å². The number of carbonyl (C=O) groups excluding carboxylic acids is 2. The Morgan fingerprint density at radius 2 is 2.06 bits per heavy atom. The predicted octanol–water partition coefficient (Wildman–Crippen LogP) is 1.88. The standard InChI is InChI=1S/C23H26N6O3/c1-27-21(18(13-24-27)23(31)28-8-4-9-28)22(30)25-16-7-10-29-14-19(26-20(29)12-16)15-5-3-6-17(11-15)32-2/h3,5-6,11,13-14,16H,4,7-10,12H2,1-2H3,(H,25,30)/t16-/m1/s1. The van der Waals surface area contributed by atoms with Crippen LogP contribution in [0.4, 0.5) is 0 Å². The van der Waals surface area contributed by atoms with Crippen LogP contribution in [0.15, 0.2) is 36.7 Å². The van der Waals surface area contributed by atoms with E-state index in [9.17, 15) is 9.59 Å². The molecule has 166 valence electrons. The van der Waals surface area contributed by atoms with E-state index in [0.717, 1.165) is 55.3 Å². The molecule has 0 aliphatic carbocycles. The third kappa shape index (κ3) is 3.63. The normalized spacial score (nSPS) is 17.4. The Bertz CT molecular complexity index is 1180. The summed E-state index contributed by atoms with van der Waals surface area (Å²) in [7, 11) is 3.34. The van der Waals surface area contributed by atoms with Crippen molar-refractivity contribution >= 4 is 11.8 Å². The molecule has 1 saturated heterocycles. The van der Waals surface area contributed by atoms with Gasteiger partial charge in [0.25, 0.3) is 11.8 Å². The Kier molecular flexibility index (Phi) is 5.16. The predicted molar refractivity (Wildman–Crippen MR) is 118 cm³/mol. The van der Waals surface area contributed by atoms with E-state index in [1.54, 1.807) is 19.1 Å². The lowest BCUT2D eigenvalue weighted by atomic mass is 10.1. The van der Waals surface area contributed by atoms with Gasteiger partial charge in [0.05, 0.1) is 24.6 Å². The molecular formula is C23H26N6O3. The molecule has 1 N–H and O–H groups in total. The van der Waals surface area contributed by atoms with E-state index >= 15 is 0 Å². The summed E-state index contributed by atoms with van der Waals surface area (Å²) < 4.78 is 8.94. The lowest BCUT2D eigenvalue weighted by Crippen LogP contribution is -2.44. The number of hydrogen-bond donors (Lipinski definition) is 1. The van der Waals surface area contributed by atoms with E-state index < -0.39 is 0 Å². The number of aryl methyl sites for hydroxylation is 2. The van der Waals surface area contributed by atoms with Crippen molar-refractivity contribution in [2.45, 2.75) is 31.8 Å². The van der Waals surface area contributed by atoms with Crippen molar-refractivity contribution < 1.29 is 14.3 Å². The minimum Gasteiger partial charge on any atom is -0.497 e. The molecule has 9 nitrogen and oxygen atoms in total. The number of likely N-dealkylation sites (tertiary alicyclic amines) is 1. The lowest BCUT2D eigenvalue weighted by molar-refractivity contribution is 0.0646. The second-order valence-electron chi connectivity index (χ2n) is 8.31. The minimum absolute atomic E-state index is 0.0579. The molecule has 2 aliphatic heterocycles. The summed E-state index contributed by atoms with van der Waals surface area (Å²) in [5.41, 5.74) is 2.56. The summed E-state index contributed by atoms with van der Waals surface area (Å²) in [5, 5.41) is 7.26. The first-order valence-corrected chi connectivity index (χ1v) is 10.9. The monoisotopic (exact) mass is 434 g/mol. The van der Waals surface area contributed by atoms with Crippen molar-refractivity contribution in [1.29, 1.82) is 0 Å². The van der Waals surface area contributed by atoms with Gasteiger partial charge in [0.2, 0.25) is 0 Å². The van der Waals surface area contributed by atoms with E-state index in [-0.39, 0.29) is 17.9 Å². The summed E-state index contributed by atoms with van der Waals surface area (Å²) >= 11 is 0. The second-order valence-corrected chi connectivity index (χ2v) is 8.31. The molecule has 0 unspecified atom stereocenters. The van der Waals surface area contributed by atoms with E-state index in [4.69, 9.17) is 9.72 Å². The van der Waals surface area contributed by atoms with E-state index in [2.05, 4.69) is 15.0 Å². The maximum atomic E-state index is 13.1. The van der Waals surface area contributed by atoms with Crippen LogP contribution in [0.25, 0.3) is 11.3 Å². The molecule has 2 amide bonds. The topological polar surface area (TPSA) is 94.3 Å². The molecule has 5 rings (SSSR count). The number of hydrogen-bond acceptors (Lipinski definition) is 5. The van der Waals surface area contributed by atoms with Gasteiger partial charge in [-0.1, -0.05) is 12.1 Å². The number of carbonyl (C=O) groups is 2. The van der Waals surface area contributed by atoms with E-state index in [1.165, 1.54) is 10.9 Å². The van der Waals surface area contributed by atoms with Gasteiger partial charge in [-0.15, -0.1) is 0 Å². The highest BCUT2D eigenvalue weighted by Crippen LogP contribution is 2.26. The van der Waals surface area contributed by atoms with Gasteiger partial charge in [0.15, 0.2) is 0 Å². The van der Waals surface area contributed by atoms with Crippen LogP contribution < -0.4 is 10.1 Å². The van der Waals surface area contributed by atoms with Gasteiger partial charge in [-0.05, 0) is 25.0 Å². The van der Waals surface area contributed by atoms with E-state index in [1.807, 2.05) is 30.5 Å².